The number of carbonyl (C=O) groups is 1. The molecule has 1 aromatic heterocycles. The minimum Gasteiger partial charge on any atom is -0.468 e. The van der Waals surface area contributed by atoms with Gasteiger partial charge in [-0.3, -0.25) is 4.79 Å². The van der Waals surface area contributed by atoms with E-state index in [4.69, 9.17) is 22.1 Å². The van der Waals surface area contributed by atoms with Crippen LogP contribution in [-0.4, -0.2) is 35.7 Å². The van der Waals surface area contributed by atoms with Gasteiger partial charge in [-0.2, -0.15) is 0 Å². The van der Waals surface area contributed by atoms with Gasteiger partial charge in [0, 0.05) is 0 Å². The summed E-state index contributed by atoms with van der Waals surface area (Å²) >= 11 is 5.57. The molecule has 82 valence electrons. The van der Waals surface area contributed by atoms with Crippen molar-refractivity contribution in [2.24, 2.45) is 5.73 Å². The molecule has 0 aromatic carbocycles. The zero-order valence-corrected chi connectivity index (χ0v) is 8.77. The summed E-state index contributed by atoms with van der Waals surface area (Å²) in [5, 5.41) is 0.402. The van der Waals surface area contributed by atoms with Gasteiger partial charge in [-0.25, -0.2) is 9.97 Å². The van der Waals surface area contributed by atoms with E-state index < -0.39 is 12.0 Å². The van der Waals surface area contributed by atoms with Crippen LogP contribution in [0.4, 0.5) is 0 Å². The first-order valence-electron chi connectivity index (χ1n) is 4.07. The Morgan fingerprint density at radius 1 is 1.60 bits per heavy atom. The van der Waals surface area contributed by atoms with Crippen molar-refractivity contribution in [1.82, 2.24) is 9.97 Å². The molecular weight excluding hydrogens is 222 g/mol. The van der Waals surface area contributed by atoms with Crippen LogP contribution < -0.4 is 10.5 Å². The highest BCUT2D eigenvalue weighted by atomic mass is 35.5. The molecule has 0 fully saturated rings. The number of methoxy groups -OCH3 is 1. The lowest BCUT2D eigenvalue weighted by Gasteiger charge is -2.09. The molecule has 1 unspecified atom stereocenters. The lowest BCUT2D eigenvalue weighted by molar-refractivity contribution is -0.142. The minimum absolute atomic E-state index is 0.0473. The van der Waals surface area contributed by atoms with Crippen molar-refractivity contribution >= 4 is 17.6 Å². The molecule has 0 saturated carbocycles. The third-order valence-electron chi connectivity index (χ3n) is 1.49. The summed E-state index contributed by atoms with van der Waals surface area (Å²) < 4.78 is 9.45. The fourth-order valence-corrected chi connectivity index (χ4v) is 0.856. The summed E-state index contributed by atoms with van der Waals surface area (Å²) in [5.74, 6) is -0.552. The normalized spacial score (nSPS) is 11.9. The molecule has 0 amide bonds. The highest BCUT2D eigenvalue weighted by Crippen LogP contribution is 2.07. The van der Waals surface area contributed by atoms with E-state index in [2.05, 4.69) is 14.7 Å². The number of esters is 1. The van der Waals surface area contributed by atoms with E-state index in [9.17, 15) is 4.79 Å². The van der Waals surface area contributed by atoms with Crippen LogP contribution in [0.3, 0.4) is 0 Å². The summed E-state index contributed by atoms with van der Waals surface area (Å²) in [6.07, 6.45) is 2.76. The van der Waals surface area contributed by atoms with Crippen LogP contribution >= 0.6 is 11.6 Å². The average Bonchev–Trinajstić information content (AvgIpc) is 2.26. The zero-order chi connectivity index (χ0) is 11.3. The van der Waals surface area contributed by atoms with E-state index in [1.165, 1.54) is 19.5 Å². The third kappa shape index (κ3) is 3.69. The van der Waals surface area contributed by atoms with E-state index in [1.54, 1.807) is 0 Å². The molecule has 15 heavy (non-hydrogen) atoms. The largest absolute Gasteiger partial charge is 0.468 e. The first-order valence-corrected chi connectivity index (χ1v) is 4.45. The first-order chi connectivity index (χ1) is 7.13. The highest BCUT2D eigenvalue weighted by Gasteiger charge is 2.14. The molecule has 0 aliphatic heterocycles. The Morgan fingerprint density at radius 3 is 2.73 bits per heavy atom. The molecule has 1 atom stereocenters. The van der Waals surface area contributed by atoms with Crippen LogP contribution in [0.1, 0.15) is 0 Å². The Hall–Kier alpha value is -1.40. The molecule has 1 aromatic rings. The lowest BCUT2D eigenvalue weighted by atomic mass is 10.3. The maximum Gasteiger partial charge on any atom is 0.326 e. The number of halogens is 1. The molecule has 0 spiro atoms. The SMILES string of the molecule is COC(=O)C(N)COc1ncc(Cl)cn1. The lowest BCUT2D eigenvalue weighted by Crippen LogP contribution is -2.37. The number of carbonyl (C=O) groups excluding carboxylic acids is 1. The summed E-state index contributed by atoms with van der Waals surface area (Å²) in [7, 11) is 1.25. The van der Waals surface area contributed by atoms with Crippen LogP contribution in [0.2, 0.25) is 5.02 Å². The summed E-state index contributed by atoms with van der Waals surface area (Å²) in [4.78, 5) is 18.4. The third-order valence-corrected chi connectivity index (χ3v) is 1.69. The molecule has 0 aliphatic carbocycles. The van der Waals surface area contributed by atoms with Gasteiger partial charge in [-0.1, -0.05) is 11.6 Å². The molecule has 1 rings (SSSR count). The maximum absolute atomic E-state index is 10.9. The second kappa shape index (κ2) is 5.47. The van der Waals surface area contributed by atoms with Gasteiger partial charge in [-0.15, -0.1) is 0 Å². The maximum atomic E-state index is 10.9. The fourth-order valence-electron chi connectivity index (χ4n) is 0.759. The van der Waals surface area contributed by atoms with E-state index in [0.29, 0.717) is 5.02 Å². The van der Waals surface area contributed by atoms with Gasteiger partial charge < -0.3 is 15.2 Å². The van der Waals surface area contributed by atoms with E-state index in [0.717, 1.165) is 0 Å². The van der Waals surface area contributed by atoms with Gasteiger partial charge in [-0.05, 0) is 0 Å². The number of nitrogens with zero attached hydrogens (tertiary/aromatic N) is 2. The van der Waals surface area contributed by atoms with Gasteiger partial charge >= 0.3 is 12.0 Å². The molecule has 1 heterocycles. The van der Waals surface area contributed by atoms with Crippen LogP contribution in [-0.2, 0) is 9.53 Å². The number of ether oxygens (including phenoxy) is 2. The first kappa shape index (κ1) is 11.7. The predicted octanol–water partition coefficient (Wildman–Crippen LogP) is 0.00910. The van der Waals surface area contributed by atoms with Crippen molar-refractivity contribution in [2.75, 3.05) is 13.7 Å². The summed E-state index contributed by atoms with van der Waals surface area (Å²) in [6, 6.07) is -0.743. The van der Waals surface area contributed by atoms with Crippen LogP contribution in [0.15, 0.2) is 12.4 Å². The molecule has 7 heteroatoms. The molecule has 0 saturated heterocycles. The van der Waals surface area contributed by atoms with Crippen molar-refractivity contribution in [2.45, 2.75) is 6.04 Å². The average molecular weight is 232 g/mol. The Labute approximate surface area is 91.4 Å². The molecule has 2 N–H and O–H groups in total. The van der Waals surface area contributed by atoms with Crippen LogP contribution in [0.25, 0.3) is 0 Å². The van der Waals surface area contributed by atoms with Gasteiger partial charge in [0.2, 0.25) is 0 Å². The minimum atomic E-state index is -0.853. The topological polar surface area (TPSA) is 87.3 Å². The van der Waals surface area contributed by atoms with Gasteiger partial charge in [0.25, 0.3) is 0 Å². The molecular formula is C8H10ClN3O3. The molecule has 0 radical (unpaired) electrons. The quantitative estimate of drug-likeness (QED) is 0.735. The molecule has 0 bridgehead atoms. The Morgan fingerprint density at radius 2 is 2.20 bits per heavy atom. The summed E-state index contributed by atoms with van der Waals surface area (Å²) in [5.41, 5.74) is 5.42. The standard InChI is InChI=1S/C8H10ClN3O3/c1-14-7(13)6(10)4-15-8-11-2-5(9)3-12-8/h2-3,6H,4,10H2,1H3. The van der Waals surface area contributed by atoms with Crippen molar-refractivity contribution in [3.63, 3.8) is 0 Å². The fraction of sp³-hybridized carbons (Fsp3) is 0.375. The van der Waals surface area contributed by atoms with Gasteiger partial charge in [0.1, 0.15) is 12.6 Å². The smallest absolute Gasteiger partial charge is 0.326 e. The van der Waals surface area contributed by atoms with E-state index in [-0.39, 0.29) is 12.6 Å². The number of nitrogens with two attached hydrogens (primary N) is 1. The van der Waals surface area contributed by atoms with Crippen molar-refractivity contribution < 1.29 is 14.3 Å². The van der Waals surface area contributed by atoms with E-state index in [1.807, 2.05) is 0 Å². The Kier molecular flexibility index (Phi) is 4.26. The molecule has 0 aliphatic rings. The van der Waals surface area contributed by atoms with Crippen molar-refractivity contribution in [3.8, 4) is 6.01 Å². The number of hydrogen-bond donors (Lipinski definition) is 1. The van der Waals surface area contributed by atoms with Gasteiger partial charge in [0.15, 0.2) is 0 Å². The molecule has 6 nitrogen and oxygen atoms in total. The van der Waals surface area contributed by atoms with Crippen LogP contribution in [0.5, 0.6) is 6.01 Å². The Balaban J connectivity index is 2.43. The summed E-state index contributed by atoms with van der Waals surface area (Å²) in [6.45, 7) is -0.0473. The number of rotatable bonds is 4. The van der Waals surface area contributed by atoms with Crippen molar-refractivity contribution in [3.05, 3.63) is 17.4 Å². The van der Waals surface area contributed by atoms with E-state index >= 15 is 0 Å². The predicted molar refractivity (Wildman–Crippen MR) is 52.5 cm³/mol. The van der Waals surface area contributed by atoms with Gasteiger partial charge in [0.05, 0.1) is 24.5 Å². The second-order valence-corrected chi connectivity index (χ2v) is 3.06. The number of aromatic nitrogens is 2. The number of hydrogen-bond acceptors (Lipinski definition) is 6. The highest BCUT2D eigenvalue weighted by molar-refractivity contribution is 6.30. The second-order valence-electron chi connectivity index (χ2n) is 2.62. The Bertz CT molecular complexity index is 330. The monoisotopic (exact) mass is 231 g/mol. The van der Waals surface area contributed by atoms with Crippen LogP contribution in [0, 0.1) is 0 Å². The van der Waals surface area contributed by atoms with Crippen molar-refractivity contribution in [1.29, 1.82) is 0 Å². The zero-order valence-electron chi connectivity index (χ0n) is 8.01.